The summed E-state index contributed by atoms with van der Waals surface area (Å²) in [5.74, 6) is -1.05. The van der Waals surface area contributed by atoms with E-state index in [0.29, 0.717) is 38.8 Å². The van der Waals surface area contributed by atoms with E-state index in [0.717, 1.165) is 12.1 Å². The molecule has 0 radical (unpaired) electrons. The highest BCUT2D eigenvalue weighted by molar-refractivity contribution is 6.06. The Labute approximate surface area is 175 Å². The van der Waals surface area contributed by atoms with Gasteiger partial charge in [0.25, 0.3) is 0 Å². The number of nitrogens with zero attached hydrogens (tertiary/aromatic N) is 2. The summed E-state index contributed by atoms with van der Waals surface area (Å²) in [6.07, 6.45) is -3.09. The van der Waals surface area contributed by atoms with Gasteiger partial charge in [-0.3, -0.25) is 0 Å². The number of rotatable bonds is 4. The van der Waals surface area contributed by atoms with Crippen LogP contribution in [-0.2, 0) is 6.18 Å². The van der Waals surface area contributed by atoms with Crippen LogP contribution in [0.2, 0.25) is 0 Å². The molecule has 0 saturated heterocycles. The van der Waals surface area contributed by atoms with Crippen molar-refractivity contribution in [2.75, 3.05) is 11.9 Å². The third-order valence-corrected chi connectivity index (χ3v) is 5.38. The zero-order chi connectivity index (χ0) is 22.5. The predicted octanol–water partition coefficient (Wildman–Crippen LogP) is 6.21. The van der Waals surface area contributed by atoms with Crippen LogP contribution >= 0.6 is 0 Å². The molecule has 4 rings (SSSR count). The zero-order valence-electron chi connectivity index (χ0n) is 17.0. The Bertz CT molecular complexity index is 1310. The molecule has 0 amide bonds. The Hall–Kier alpha value is -3.55. The minimum absolute atomic E-state index is 0.0435. The maximum atomic E-state index is 13.2. The molecule has 2 heterocycles. The molecule has 160 valence electrons. The Morgan fingerprint density at radius 2 is 1.84 bits per heavy atom. The van der Waals surface area contributed by atoms with Crippen LogP contribution < -0.4 is 4.90 Å². The first-order chi connectivity index (χ1) is 14.6. The van der Waals surface area contributed by atoms with Crippen molar-refractivity contribution in [3.8, 4) is 11.3 Å². The summed E-state index contributed by atoms with van der Waals surface area (Å²) in [6.45, 7) is 3.89. The summed E-state index contributed by atoms with van der Waals surface area (Å²) in [6, 6.07) is 9.85. The summed E-state index contributed by atoms with van der Waals surface area (Å²) in [5, 5.41) is 10.6. The number of benzene rings is 2. The molecule has 0 unspecified atom stereocenters. The molecule has 4 aromatic rings. The summed E-state index contributed by atoms with van der Waals surface area (Å²) in [4.78, 5) is 18.2. The van der Waals surface area contributed by atoms with Gasteiger partial charge in [0.05, 0.1) is 28.0 Å². The topological polar surface area (TPSA) is 66.6 Å². The first-order valence-corrected chi connectivity index (χ1v) is 9.56. The highest BCUT2D eigenvalue weighted by atomic mass is 19.4. The molecule has 0 bridgehead atoms. The summed E-state index contributed by atoms with van der Waals surface area (Å²) >= 11 is 0. The molecule has 0 aliphatic heterocycles. The van der Waals surface area contributed by atoms with Crippen LogP contribution in [0.25, 0.3) is 33.1 Å². The third-order valence-electron chi connectivity index (χ3n) is 5.38. The van der Waals surface area contributed by atoms with E-state index in [-0.39, 0.29) is 11.6 Å². The lowest BCUT2D eigenvalue weighted by atomic mass is 10.0. The van der Waals surface area contributed by atoms with E-state index in [4.69, 9.17) is 4.42 Å². The van der Waals surface area contributed by atoms with Crippen LogP contribution in [0, 0.1) is 0 Å². The van der Waals surface area contributed by atoms with Crippen molar-refractivity contribution in [3.05, 3.63) is 59.9 Å². The van der Waals surface area contributed by atoms with Gasteiger partial charge in [0.15, 0.2) is 0 Å². The summed E-state index contributed by atoms with van der Waals surface area (Å²) in [5.41, 5.74) is 1.65. The molecule has 5 nitrogen and oxygen atoms in total. The molecule has 2 aromatic carbocycles. The number of halogens is 3. The molecule has 31 heavy (non-hydrogen) atoms. The van der Waals surface area contributed by atoms with Gasteiger partial charge in [-0.1, -0.05) is 0 Å². The fraction of sp³-hybridized carbons (Fsp3) is 0.217. The molecule has 0 atom stereocenters. The molecule has 8 heteroatoms. The van der Waals surface area contributed by atoms with Gasteiger partial charge >= 0.3 is 12.1 Å². The van der Waals surface area contributed by atoms with E-state index in [1.54, 1.807) is 18.2 Å². The Kier molecular flexibility index (Phi) is 4.88. The van der Waals surface area contributed by atoms with E-state index in [9.17, 15) is 23.1 Å². The van der Waals surface area contributed by atoms with Crippen molar-refractivity contribution in [1.82, 2.24) is 4.98 Å². The molecular weight excluding hydrogens is 409 g/mol. The van der Waals surface area contributed by atoms with Gasteiger partial charge in [-0.15, -0.1) is 0 Å². The quantitative estimate of drug-likeness (QED) is 0.419. The van der Waals surface area contributed by atoms with Crippen LogP contribution in [0.1, 0.15) is 29.8 Å². The van der Waals surface area contributed by atoms with Crippen molar-refractivity contribution in [2.24, 2.45) is 0 Å². The van der Waals surface area contributed by atoms with E-state index >= 15 is 0 Å². The average molecular weight is 428 g/mol. The highest BCUT2D eigenvalue weighted by Crippen LogP contribution is 2.37. The minimum atomic E-state index is -4.47. The average Bonchev–Trinajstić information content (AvgIpc) is 3.14. The van der Waals surface area contributed by atoms with Crippen LogP contribution in [0.3, 0.4) is 0 Å². The van der Waals surface area contributed by atoms with Crippen LogP contribution in [0.15, 0.2) is 53.1 Å². The lowest BCUT2D eigenvalue weighted by molar-refractivity contribution is -0.137. The SMILES string of the molecule is CC(C)N(C)c1c(C(=O)O)ccc2nc(-c3coc4ccc(C(F)(F)F)cc34)ccc12. The van der Waals surface area contributed by atoms with Gasteiger partial charge in [0.2, 0.25) is 0 Å². The molecule has 0 saturated carbocycles. The number of carboxylic acids is 1. The molecule has 1 N–H and O–H groups in total. The second-order valence-electron chi connectivity index (χ2n) is 7.59. The van der Waals surface area contributed by atoms with Crippen molar-refractivity contribution in [3.63, 3.8) is 0 Å². The maximum Gasteiger partial charge on any atom is 0.416 e. The first kappa shape index (κ1) is 20.7. The molecule has 0 fully saturated rings. The summed E-state index contributed by atoms with van der Waals surface area (Å²) < 4.78 is 44.9. The fourth-order valence-electron chi connectivity index (χ4n) is 3.55. The lowest BCUT2D eigenvalue weighted by Crippen LogP contribution is -2.27. The second kappa shape index (κ2) is 7.30. The normalized spacial score (nSPS) is 12.1. The number of hydrogen-bond donors (Lipinski definition) is 1. The van der Waals surface area contributed by atoms with E-state index in [1.807, 2.05) is 25.8 Å². The molecule has 0 aliphatic rings. The van der Waals surface area contributed by atoms with Crippen molar-refractivity contribution < 1.29 is 27.5 Å². The molecule has 0 spiro atoms. The van der Waals surface area contributed by atoms with Crippen LogP contribution in [0.4, 0.5) is 18.9 Å². The maximum absolute atomic E-state index is 13.2. The van der Waals surface area contributed by atoms with Gasteiger partial charge in [0, 0.05) is 29.4 Å². The number of pyridine rings is 1. The zero-order valence-corrected chi connectivity index (χ0v) is 17.0. The predicted molar refractivity (Wildman–Crippen MR) is 112 cm³/mol. The number of hydrogen-bond acceptors (Lipinski definition) is 4. The number of aromatic carboxylic acids is 1. The van der Waals surface area contributed by atoms with Crippen molar-refractivity contribution >= 4 is 33.5 Å². The van der Waals surface area contributed by atoms with Gasteiger partial charge in [0.1, 0.15) is 11.8 Å². The molecule has 2 aromatic heterocycles. The molecule has 0 aliphatic carbocycles. The number of carboxylic acid groups (broad SMARTS) is 1. The van der Waals surface area contributed by atoms with Crippen molar-refractivity contribution in [2.45, 2.75) is 26.1 Å². The van der Waals surface area contributed by atoms with Gasteiger partial charge in [-0.05, 0) is 56.3 Å². The standard InChI is InChI=1S/C23H19F3N2O3/c1-12(2)28(3)21-14-5-7-19(27-18(14)8-6-15(21)22(29)30)17-11-31-20-9-4-13(10-16(17)20)23(24,25)26/h4-12H,1-3H3,(H,29,30). The van der Waals surface area contributed by atoms with Gasteiger partial charge in [-0.2, -0.15) is 13.2 Å². The van der Waals surface area contributed by atoms with E-state index in [2.05, 4.69) is 4.98 Å². The number of aromatic nitrogens is 1. The first-order valence-electron chi connectivity index (χ1n) is 9.56. The van der Waals surface area contributed by atoms with E-state index in [1.165, 1.54) is 18.4 Å². The van der Waals surface area contributed by atoms with Crippen LogP contribution in [-0.4, -0.2) is 29.1 Å². The lowest BCUT2D eigenvalue weighted by Gasteiger charge is -2.27. The van der Waals surface area contributed by atoms with Crippen molar-refractivity contribution in [1.29, 1.82) is 0 Å². The Morgan fingerprint density at radius 1 is 1.10 bits per heavy atom. The Balaban J connectivity index is 1.91. The largest absolute Gasteiger partial charge is 0.478 e. The minimum Gasteiger partial charge on any atom is -0.478 e. The second-order valence-corrected chi connectivity index (χ2v) is 7.59. The number of anilines is 1. The number of alkyl halides is 3. The van der Waals surface area contributed by atoms with E-state index < -0.39 is 17.7 Å². The number of fused-ring (bicyclic) bond motifs is 2. The van der Waals surface area contributed by atoms with Gasteiger partial charge in [-0.25, -0.2) is 9.78 Å². The van der Waals surface area contributed by atoms with Gasteiger partial charge < -0.3 is 14.4 Å². The monoisotopic (exact) mass is 428 g/mol. The third kappa shape index (κ3) is 3.58. The highest BCUT2D eigenvalue weighted by Gasteiger charge is 2.31. The summed E-state index contributed by atoms with van der Waals surface area (Å²) in [7, 11) is 1.81. The van der Waals surface area contributed by atoms with Crippen LogP contribution in [0.5, 0.6) is 0 Å². The fourth-order valence-corrected chi connectivity index (χ4v) is 3.55. The number of furan rings is 1. The Morgan fingerprint density at radius 3 is 2.48 bits per heavy atom. The smallest absolute Gasteiger partial charge is 0.416 e. The molecular formula is C23H19F3N2O3. The number of carbonyl (C=O) groups is 1.